The van der Waals surface area contributed by atoms with Crippen LogP contribution in [0.15, 0.2) is 36.4 Å². The van der Waals surface area contributed by atoms with Crippen molar-refractivity contribution in [3.05, 3.63) is 58.9 Å². The SMILES string of the molecule is CC(C)C(=N)SC(=N)c1ccc(Oc2cc(C(=O)NC3CCN(C4CCOCC4)CC3)c(F)cc2CN2CC(=O)NC2=O)cc1. The minimum Gasteiger partial charge on any atom is -0.457 e. The fraction of sp³-hybridized carbons (Fsp3) is 0.469. The zero-order chi connectivity index (χ0) is 32.1. The van der Waals surface area contributed by atoms with Crippen LogP contribution in [0.1, 0.15) is 61.0 Å². The Kier molecular flexibility index (Phi) is 10.5. The van der Waals surface area contributed by atoms with Crippen LogP contribution in [0.25, 0.3) is 0 Å². The van der Waals surface area contributed by atoms with Gasteiger partial charge in [0.25, 0.3) is 5.91 Å². The first-order valence-corrected chi connectivity index (χ1v) is 16.1. The van der Waals surface area contributed by atoms with E-state index in [1.165, 1.54) is 17.0 Å². The highest BCUT2D eigenvalue weighted by Crippen LogP contribution is 2.31. The van der Waals surface area contributed by atoms with Crippen molar-refractivity contribution in [1.82, 2.24) is 20.4 Å². The minimum absolute atomic E-state index is 0.0131. The number of benzene rings is 2. The van der Waals surface area contributed by atoms with Crippen molar-refractivity contribution < 1.29 is 28.2 Å². The van der Waals surface area contributed by atoms with Gasteiger partial charge in [-0.3, -0.25) is 25.7 Å². The number of halogens is 1. The Bertz CT molecular complexity index is 1450. The molecule has 0 atom stereocenters. The molecule has 0 unspecified atom stereocenters. The molecule has 240 valence electrons. The van der Waals surface area contributed by atoms with Crippen molar-refractivity contribution in [2.24, 2.45) is 5.92 Å². The van der Waals surface area contributed by atoms with Crippen molar-refractivity contribution in [3.8, 4) is 11.5 Å². The van der Waals surface area contributed by atoms with E-state index >= 15 is 4.39 Å². The maximum Gasteiger partial charge on any atom is 0.324 e. The van der Waals surface area contributed by atoms with E-state index in [1.807, 2.05) is 13.8 Å². The number of carbonyl (C=O) groups is 3. The van der Waals surface area contributed by atoms with Gasteiger partial charge in [-0.25, -0.2) is 9.18 Å². The number of amides is 4. The number of urea groups is 1. The predicted molar refractivity (Wildman–Crippen MR) is 170 cm³/mol. The second kappa shape index (κ2) is 14.5. The third-order valence-electron chi connectivity index (χ3n) is 8.28. The molecule has 4 amide bonds. The molecule has 2 aromatic carbocycles. The first-order valence-electron chi connectivity index (χ1n) is 15.2. The van der Waals surface area contributed by atoms with Crippen molar-refractivity contribution in [2.45, 2.75) is 58.2 Å². The number of nitrogens with one attached hydrogen (secondary N) is 4. The molecule has 3 saturated heterocycles. The van der Waals surface area contributed by atoms with E-state index in [0.717, 1.165) is 63.7 Å². The lowest BCUT2D eigenvalue weighted by Crippen LogP contribution is -2.49. The summed E-state index contributed by atoms with van der Waals surface area (Å²) in [7, 11) is 0. The molecule has 0 aromatic heterocycles. The van der Waals surface area contributed by atoms with Crippen LogP contribution in [0.5, 0.6) is 11.5 Å². The maximum atomic E-state index is 15.5. The number of rotatable bonds is 9. The molecule has 45 heavy (non-hydrogen) atoms. The predicted octanol–water partition coefficient (Wildman–Crippen LogP) is 4.73. The van der Waals surface area contributed by atoms with Gasteiger partial charge in [0.2, 0.25) is 5.91 Å². The quantitative estimate of drug-likeness (QED) is 0.176. The van der Waals surface area contributed by atoms with Gasteiger partial charge >= 0.3 is 6.03 Å². The zero-order valence-electron chi connectivity index (χ0n) is 25.5. The van der Waals surface area contributed by atoms with Crippen molar-refractivity contribution >= 4 is 39.7 Å². The van der Waals surface area contributed by atoms with Crippen LogP contribution in [-0.2, 0) is 16.1 Å². The highest BCUT2D eigenvalue weighted by atomic mass is 32.2. The molecule has 2 aromatic rings. The normalized spacial score (nSPS) is 18.3. The van der Waals surface area contributed by atoms with Crippen LogP contribution in [0.2, 0.25) is 0 Å². The Labute approximate surface area is 266 Å². The lowest BCUT2D eigenvalue weighted by Gasteiger charge is -2.39. The summed E-state index contributed by atoms with van der Waals surface area (Å²) in [5, 5.41) is 22.2. The molecule has 13 heteroatoms. The van der Waals surface area contributed by atoms with Crippen LogP contribution < -0.4 is 15.4 Å². The molecule has 5 rings (SSSR count). The summed E-state index contributed by atoms with van der Waals surface area (Å²) in [5.41, 5.74) is 0.716. The number of likely N-dealkylation sites (tertiary alicyclic amines) is 1. The van der Waals surface area contributed by atoms with Crippen LogP contribution >= 0.6 is 11.8 Å². The summed E-state index contributed by atoms with van der Waals surface area (Å²) in [6, 6.07) is 9.00. The largest absolute Gasteiger partial charge is 0.457 e. The second-order valence-electron chi connectivity index (χ2n) is 11.9. The van der Waals surface area contributed by atoms with Gasteiger partial charge in [0.15, 0.2) is 0 Å². The number of ether oxygens (including phenoxy) is 2. The van der Waals surface area contributed by atoms with Crippen molar-refractivity contribution in [3.63, 3.8) is 0 Å². The highest BCUT2D eigenvalue weighted by molar-refractivity contribution is 8.26. The van der Waals surface area contributed by atoms with Gasteiger partial charge in [-0.05, 0) is 62.1 Å². The van der Waals surface area contributed by atoms with Gasteiger partial charge in [0.1, 0.15) is 28.9 Å². The summed E-state index contributed by atoms with van der Waals surface area (Å²) in [6.45, 7) is 6.77. The molecule has 4 N–H and O–H groups in total. The summed E-state index contributed by atoms with van der Waals surface area (Å²) in [6.07, 6.45) is 3.55. The van der Waals surface area contributed by atoms with E-state index in [4.69, 9.17) is 20.3 Å². The molecule has 0 radical (unpaired) electrons. The van der Waals surface area contributed by atoms with Crippen LogP contribution in [0.3, 0.4) is 0 Å². The molecular weight excluding hydrogens is 599 g/mol. The summed E-state index contributed by atoms with van der Waals surface area (Å²) < 4.78 is 27.1. The molecule has 0 saturated carbocycles. The van der Waals surface area contributed by atoms with Crippen molar-refractivity contribution in [1.29, 1.82) is 10.8 Å². The lowest BCUT2D eigenvalue weighted by atomic mass is 9.99. The number of carbonyl (C=O) groups excluding carboxylic acids is 3. The third-order valence-corrected chi connectivity index (χ3v) is 9.41. The molecule has 0 bridgehead atoms. The molecular formula is C32H39FN6O5S. The molecule has 11 nitrogen and oxygen atoms in total. The Balaban J connectivity index is 1.31. The summed E-state index contributed by atoms with van der Waals surface area (Å²) >= 11 is 1.08. The van der Waals surface area contributed by atoms with Crippen LogP contribution in [0.4, 0.5) is 9.18 Å². The van der Waals surface area contributed by atoms with Gasteiger partial charge in [-0.2, -0.15) is 0 Å². The number of piperidine rings is 1. The van der Waals surface area contributed by atoms with Crippen molar-refractivity contribution in [2.75, 3.05) is 32.8 Å². The first kappa shape index (κ1) is 32.6. The van der Waals surface area contributed by atoms with Gasteiger partial charge < -0.3 is 24.6 Å². The average Bonchev–Trinajstić information content (AvgIpc) is 3.35. The smallest absolute Gasteiger partial charge is 0.324 e. The topological polar surface area (TPSA) is 148 Å². The maximum absolute atomic E-state index is 15.5. The first-order chi connectivity index (χ1) is 21.6. The molecule has 3 heterocycles. The van der Waals surface area contributed by atoms with Gasteiger partial charge in [-0.1, -0.05) is 25.6 Å². The monoisotopic (exact) mass is 638 g/mol. The molecule has 0 spiro atoms. The zero-order valence-corrected chi connectivity index (χ0v) is 26.3. The van der Waals surface area contributed by atoms with Gasteiger partial charge in [0.05, 0.1) is 17.2 Å². The van der Waals surface area contributed by atoms with E-state index in [2.05, 4.69) is 15.5 Å². The second-order valence-corrected chi connectivity index (χ2v) is 12.9. The fourth-order valence-electron chi connectivity index (χ4n) is 5.61. The molecule has 0 aliphatic carbocycles. The van der Waals surface area contributed by atoms with E-state index in [1.54, 1.807) is 24.3 Å². The van der Waals surface area contributed by atoms with E-state index in [9.17, 15) is 14.4 Å². The van der Waals surface area contributed by atoms with E-state index < -0.39 is 23.7 Å². The molecule has 3 fully saturated rings. The third kappa shape index (κ3) is 8.27. The summed E-state index contributed by atoms with van der Waals surface area (Å²) in [4.78, 5) is 41.0. The average molecular weight is 639 g/mol. The van der Waals surface area contributed by atoms with E-state index in [-0.39, 0.29) is 47.0 Å². The fourth-order valence-corrected chi connectivity index (χ4v) is 6.32. The number of hydrogen-bond acceptors (Lipinski definition) is 9. The van der Waals surface area contributed by atoms with E-state index in [0.29, 0.717) is 22.4 Å². The summed E-state index contributed by atoms with van der Waals surface area (Å²) in [5.74, 6) is -1.20. The van der Waals surface area contributed by atoms with Crippen LogP contribution in [0, 0.1) is 22.6 Å². The standard InChI is InChI=1S/C32H39FN6O5S/c1-19(2)29(34)45-30(35)20-3-5-24(6-4-20)44-27-16-25(26(33)15-21(27)17-39-18-28(40)37-32(39)42)31(41)36-22-7-11-38(12-8-22)23-9-13-43-14-10-23/h3-6,15-16,19,22-23,34-35H,7-14,17-18H2,1-2H3,(H,36,41)(H,37,40,42). The van der Waals surface area contributed by atoms with Crippen LogP contribution in [-0.4, -0.2) is 82.7 Å². The van der Waals surface area contributed by atoms with Gasteiger partial charge in [-0.15, -0.1) is 0 Å². The Morgan fingerprint density at radius 3 is 2.42 bits per heavy atom. The Morgan fingerprint density at radius 2 is 1.80 bits per heavy atom. The Morgan fingerprint density at radius 1 is 1.11 bits per heavy atom. The number of imide groups is 1. The Hall–Kier alpha value is -3.81. The minimum atomic E-state index is -0.756. The number of thioether (sulfide) groups is 1. The van der Waals surface area contributed by atoms with Gasteiger partial charge in [0, 0.05) is 55.4 Å². The number of hydrogen-bond donors (Lipinski definition) is 4. The highest BCUT2D eigenvalue weighted by Gasteiger charge is 2.30. The molecule has 3 aliphatic rings. The lowest BCUT2D eigenvalue weighted by molar-refractivity contribution is -0.118. The molecule has 3 aliphatic heterocycles. The number of nitrogens with zero attached hydrogens (tertiary/aromatic N) is 2.